The lowest BCUT2D eigenvalue weighted by Gasteiger charge is -2.30. The summed E-state index contributed by atoms with van der Waals surface area (Å²) in [5.41, 5.74) is 1.48. The fourth-order valence-electron chi connectivity index (χ4n) is 5.49. The molecule has 0 nitrogen and oxygen atoms in total. The van der Waals surface area contributed by atoms with E-state index in [9.17, 15) is 8.78 Å². The lowest BCUT2D eigenvalue weighted by molar-refractivity contribution is 0.296. The van der Waals surface area contributed by atoms with Crippen LogP contribution in [-0.2, 0) is 6.42 Å². The van der Waals surface area contributed by atoms with Gasteiger partial charge in [-0.3, -0.25) is 0 Å². The molecule has 1 atom stereocenters. The van der Waals surface area contributed by atoms with E-state index in [4.69, 9.17) is 0 Å². The number of hydrogen-bond donors (Lipinski definition) is 0. The minimum Gasteiger partial charge on any atom is -0.207 e. The topological polar surface area (TPSA) is 0 Å². The SMILES string of the molecule is CCCc1c(F)cc(-c2c(F)cc(C3CCC(CC(C)c4ccccc4)CC3)cc2F)cc1F. The van der Waals surface area contributed by atoms with Crippen LogP contribution >= 0.6 is 0 Å². The average Bonchev–Trinajstić information content (AvgIpc) is 2.82. The molecule has 1 fully saturated rings. The molecule has 3 aromatic rings. The summed E-state index contributed by atoms with van der Waals surface area (Å²) < 4.78 is 58.8. The van der Waals surface area contributed by atoms with Crippen LogP contribution < -0.4 is 0 Å². The predicted molar refractivity (Wildman–Crippen MR) is 130 cm³/mol. The van der Waals surface area contributed by atoms with Crippen molar-refractivity contribution in [2.24, 2.45) is 5.92 Å². The molecule has 1 unspecified atom stereocenters. The van der Waals surface area contributed by atoms with E-state index in [1.807, 2.05) is 13.0 Å². The molecule has 1 aliphatic rings. The van der Waals surface area contributed by atoms with Gasteiger partial charge in [-0.2, -0.15) is 0 Å². The highest BCUT2D eigenvalue weighted by molar-refractivity contribution is 5.66. The highest BCUT2D eigenvalue weighted by Crippen LogP contribution is 2.41. The fourth-order valence-corrected chi connectivity index (χ4v) is 5.49. The van der Waals surface area contributed by atoms with E-state index >= 15 is 8.78 Å². The van der Waals surface area contributed by atoms with Crippen molar-refractivity contribution in [3.63, 3.8) is 0 Å². The first-order valence-corrected chi connectivity index (χ1v) is 12.4. The van der Waals surface area contributed by atoms with Gasteiger partial charge in [0.25, 0.3) is 0 Å². The minimum absolute atomic E-state index is 0.0398. The Morgan fingerprint density at radius 2 is 1.38 bits per heavy atom. The second-order valence-electron chi connectivity index (χ2n) is 9.79. The van der Waals surface area contributed by atoms with E-state index in [0.29, 0.717) is 23.8 Å². The monoisotopic (exact) mass is 468 g/mol. The summed E-state index contributed by atoms with van der Waals surface area (Å²) >= 11 is 0. The Morgan fingerprint density at radius 1 is 0.794 bits per heavy atom. The molecular formula is C30H32F4. The number of halogens is 4. The second-order valence-corrected chi connectivity index (χ2v) is 9.79. The van der Waals surface area contributed by atoms with Gasteiger partial charge in [-0.1, -0.05) is 50.6 Å². The zero-order chi connectivity index (χ0) is 24.2. The number of rotatable bonds is 7. The third-order valence-electron chi connectivity index (χ3n) is 7.37. The average molecular weight is 469 g/mol. The van der Waals surface area contributed by atoms with Gasteiger partial charge in [0, 0.05) is 5.56 Å². The van der Waals surface area contributed by atoms with Gasteiger partial charge in [0.1, 0.15) is 23.3 Å². The molecule has 0 aromatic heterocycles. The van der Waals surface area contributed by atoms with Crippen molar-refractivity contribution >= 4 is 0 Å². The van der Waals surface area contributed by atoms with E-state index in [1.54, 1.807) is 0 Å². The third-order valence-corrected chi connectivity index (χ3v) is 7.37. The van der Waals surface area contributed by atoms with Crippen LogP contribution in [0.2, 0.25) is 0 Å². The third kappa shape index (κ3) is 5.37. The van der Waals surface area contributed by atoms with Gasteiger partial charge in [0.15, 0.2) is 0 Å². The highest BCUT2D eigenvalue weighted by atomic mass is 19.1. The van der Waals surface area contributed by atoms with Crippen LogP contribution in [0.15, 0.2) is 54.6 Å². The first-order valence-electron chi connectivity index (χ1n) is 12.4. The lowest BCUT2D eigenvalue weighted by Crippen LogP contribution is -2.15. The van der Waals surface area contributed by atoms with Gasteiger partial charge >= 0.3 is 0 Å². The summed E-state index contributed by atoms with van der Waals surface area (Å²) in [4.78, 5) is 0. The van der Waals surface area contributed by atoms with Crippen molar-refractivity contribution < 1.29 is 17.6 Å². The first-order chi connectivity index (χ1) is 16.4. The van der Waals surface area contributed by atoms with Crippen molar-refractivity contribution in [3.05, 3.63) is 94.6 Å². The van der Waals surface area contributed by atoms with Gasteiger partial charge in [-0.05, 0) is 97.2 Å². The summed E-state index contributed by atoms with van der Waals surface area (Å²) in [5.74, 6) is -1.87. The largest absolute Gasteiger partial charge is 0.207 e. The summed E-state index contributed by atoms with van der Waals surface area (Å²) in [7, 11) is 0. The standard InChI is InChI=1S/C30H32F4/c1-3-7-25-26(31)17-24(18-27(25)32)30-28(33)15-23(16-29(30)34)22-12-10-20(11-13-22)14-19(2)21-8-5-4-6-9-21/h4-6,8-9,15-20,22H,3,7,10-14H2,1-2H3. The number of benzene rings is 3. The molecule has 180 valence electrons. The Labute approximate surface area is 200 Å². The molecule has 0 bridgehead atoms. The summed E-state index contributed by atoms with van der Waals surface area (Å²) in [6.45, 7) is 4.08. The molecule has 0 saturated heterocycles. The van der Waals surface area contributed by atoms with E-state index in [-0.39, 0.29) is 29.0 Å². The molecule has 0 aliphatic heterocycles. The van der Waals surface area contributed by atoms with Crippen molar-refractivity contribution in [2.45, 2.75) is 70.6 Å². The van der Waals surface area contributed by atoms with Crippen LogP contribution in [0.4, 0.5) is 17.6 Å². The van der Waals surface area contributed by atoms with E-state index in [0.717, 1.165) is 44.2 Å². The minimum atomic E-state index is -0.767. The van der Waals surface area contributed by atoms with E-state index < -0.39 is 23.3 Å². The molecule has 0 heterocycles. The van der Waals surface area contributed by atoms with Gasteiger partial charge < -0.3 is 0 Å². The Bertz CT molecular complexity index is 1070. The van der Waals surface area contributed by atoms with Gasteiger partial charge in [-0.25, -0.2) is 17.6 Å². The summed E-state index contributed by atoms with van der Waals surface area (Å²) in [5, 5.41) is 0. The van der Waals surface area contributed by atoms with E-state index in [1.165, 1.54) is 17.7 Å². The molecule has 4 heteroatoms. The van der Waals surface area contributed by atoms with Crippen molar-refractivity contribution in [1.29, 1.82) is 0 Å². The van der Waals surface area contributed by atoms with Crippen LogP contribution in [0.1, 0.15) is 80.9 Å². The summed E-state index contributed by atoms with van der Waals surface area (Å²) in [6.07, 6.45) is 5.78. The molecule has 0 radical (unpaired) electrons. The van der Waals surface area contributed by atoms with Crippen molar-refractivity contribution in [2.75, 3.05) is 0 Å². The normalized spacial score (nSPS) is 19.2. The maximum absolute atomic E-state index is 15.0. The Hall–Kier alpha value is -2.62. The molecule has 34 heavy (non-hydrogen) atoms. The fraction of sp³-hybridized carbons (Fsp3) is 0.400. The molecule has 3 aromatic carbocycles. The summed E-state index contributed by atoms with van der Waals surface area (Å²) in [6, 6.07) is 15.3. The van der Waals surface area contributed by atoms with Crippen molar-refractivity contribution in [3.8, 4) is 11.1 Å². The smallest absolute Gasteiger partial charge is 0.134 e. The van der Waals surface area contributed by atoms with Crippen LogP contribution in [-0.4, -0.2) is 0 Å². The predicted octanol–water partition coefficient (Wildman–Crippen LogP) is 9.33. The molecule has 0 N–H and O–H groups in total. The molecule has 1 saturated carbocycles. The van der Waals surface area contributed by atoms with E-state index in [2.05, 4.69) is 31.2 Å². The van der Waals surface area contributed by atoms with Crippen LogP contribution in [0.25, 0.3) is 11.1 Å². The maximum Gasteiger partial charge on any atom is 0.134 e. The Morgan fingerprint density at radius 3 is 1.94 bits per heavy atom. The molecule has 4 rings (SSSR count). The first kappa shape index (κ1) is 24.5. The zero-order valence-corrected chi connectivity index (χ0v) is 19.9. The molecule has 0 amide bonds. The molecular weight excluding hydrogens is 436 g/mol. The zero-order valence-electron chi connectivity index (χ0n) is 19.9. The van der Waals surface area contributed by atoms with Gasteiger partial charge in [0.2, 0.25) is 0 Å². The lowest BCUT2D eigenvalue weighted by atomic mass is 9.75. The Balaban J connectivity index is 1.46. The van der Waals surface area contributed by atoms with Crippen LogP contribution in [0.3, 0.4) is 0 Å². The van der Waals surface area contributed by atoms with Crippen LogP contribution in [0, 0.1) is 29.2 Å². The molecule has 0 spiro atoms. The Kier molecular flexibility index (Phi) is 7.75. The quantitative estimate of drug-likeness (QED) is 0.303. The van der Waals surface area contributed by atoms with Crippen molar-refractivity contribution in [1.82, 2.24) is 0 Å². The van der Waals surface area contributed by atoms with Gasteiger partial charge in [-0.15, -0.1) is 0 Å². The second kappa shape index (κ2) is 10.8. The highest BCUT2D eigenvalue weighted by Gasteiger charge is 2.26. The molecule has 1 aliphatic carbocycles. The van der Waals surface area contributed by atoms with Crippen LogP contribution in [0.5, 0.6) is 0 Å². The van der Waals surface area contributed by atoms with Gasteiger partial charge in [0.05, 0.1) is 5.56 Å². The number of hydrogen-bond acceptors (Lipinski definition) is 0. The maximum atomic E-state index is 15.0.